The molecule has 0 atom stereocenters. The van der Waals surface area contributed by atoms with E-state index in [1.807, 2.05) is 49.4 Å². The van der Waals surface area contributed by atoms with E-state index < -0.39 is 0 Å². The summed E-state index contributed by atoms with van der Waals surface area (Å²) in [4.78, 5) is 17.1. The maximum absolute atomic E-state index is 12.7. The van der Waals surface area contributed by atoms with E-state index in [0.717, 1.165) is 24.3 Å². The summed E-state index contributed by atoms with van der Waals surface area (Å²) < 4.78 is 11.1. The van der Waals surface area contributed by atoms with Crippen molar-refractivity contribution < 1.29 is 14.3 Å². The lowest BCUT2D eigenvalue weighted by molar-refractivity contribution is 0.102. The van der Waals surface area contributed by atoms with Crippen LogP contribution in [-0.4, -0.2) is 18.0 Å². The van der Waals surface area contributed by atoms with E-state index in [4.69, 9.17) is 9.47 Å². The molecule has 0 fully saturated rings. The molecule has 0 saturated heterocycles. The summed E-state index contributed by atoms with van der Waals surface area (Å²) in [5.41, 5.74) is 3.90. The molecule has 0 radical (unpaired) electrons. The minimum Gasteiger partial charge on any atom is -0.457 e. The Morgan fingerprint density at radius 3 is 2.52 bits per heavy atom. The van der Waals surface area contributed by atoms with Gasteiger partial charge in [-0.05, 0) is 55.3 Å². The largest absolute Gasteiger partial charge is 0.457 e. The molecule has 2 aromatic carbocycles. The topological polar surface area (TPSA) is 60.5 Å². The third-order valence-corrected chi connectivity index (χ3v) is 4.45. The van der Waals surface area contributed by atoms with Crippen LogP contribution in [0.4, 0.5) is 5.69 Å². The number of anilines is 1. The molecule has 0 aliphatic heterocycles. The van der Waals surface area contributed by atoms with Crippen LogP contribution in [0.2, 0.25) is 0 Å². The van der Waals surface area contributed by atoms with Gasteiger partial charge in [-0.1, -0.05) is 31.5 Å². The zero-order valence-electron chi connectivity index (χ0n) is 17.1. The number of ether oxygens (including phenoxy) is 2. The summed E-state index contributed by atoms with van der Waals surface area (Å²) in [6.07, 6.45) is 2.11. The molecule has 3 aromatic rings. The number of carbonyl (C=O) groups is 1. The standard InChI is InChI=1S/C24H26N2O3/c1-4-7-18-8-5-10-21(14-18)29-22-11-6-9-19(15-22)26-24(27)23-13-12-20(16-28-3)25-17(23)2/h5-6,8-15H,4,7,16H2,1-3H3,(H,26,27). The second-order valence-electron chi connectivity index (χ2n) is 6.85. The number of benzene rings is 2. The smallest absolute Gasteiger partial charge is 0.257 e. The number of pyridine rings is 1. The molecule has 5 nitrogen and oxygen atoms in total. The normalized spacial score (nSPS) is 10.6. The van der Waals surface area contributed by atoms with Crippen molar-refractivity contribution in [3.63, 3.8) is 0 Å². The van der Waals surface area contributed by atoms with Crippen LogP contribution in [0.5, 0.6) is 11.5 Å². The fourth-order valence-corrected chi connectivity index (χ4v) is 3.11. The van der Waals surface area contributed by atoms with Gasteiger partial charge < -0.3 is 14.8 Å². The van der Waals surface area contributed by atoms with Crippen LogP contribution in [0.15, 0.2) is 60.7 Å². The van der Waals surface area contributed by atoms with Crippen LogP contribution < -0.4 is 10.1 Å². The summed E-state index contributed by atoms with van der Waals surface area (Å²) in [5.74, 6) is 1.25. The Kier molecular flexibility index (Phi) is 6.98. The minimum absolute atomic E-state index is 0.207. The van der Waals surface area contributed by atoms with Gasteiger partial charge in [0.05, 0.1) is 23.6 Å². The first kappa shape index (κ1) is 20.6. The molecule has 3 rings (SSSR count). The highest BCUT2D eigenvalue weighted by molar-refractivity contribution is 6.05. The first-order chi connectivity index (χ1) is 14.1. The van der Waals surface area contributed by atoms with Gasteiger partial charge in [0.25, 0.3) is 5.91 Å². The number of methoxy groups -OCH3 is 1. The van der Waals surface area contributed by atoms with Crippen molar-refractivity contribution in [2.45, 2.75) is 33.3 Å². The van der Waals surface area contributed by atoms with Crippen LogP contribution in [0.3, 0.4) is 0 Å². The highest BCUT2D eigenvalue weighted by Gasteiger charge is 2.12. The number of amides is 1. The second-order valence-corrected chi connectivity index (χ2v) is 6.85. The lowest BCUT2D eigenvalue weighted by atomic mass is 10.1. The number of hydrogen-bond acceptors (Lipinski definition) is 4. The van der Waals surface area contributed by atoms with Gasteiger partial charge in [-0.2, -0.15) is 0 Å². The Hall–Kier alpha value is -3.18. The number of hydrogen-bond donors (Lipinski definition) is 1. The number of nitrogens with zero attached hydrogens (tertiary/aromatic N) is 1. The highest BCUT2D eigenvalue weighted by Crippen LogP contribution is 2.25. The average molecular weight is 390 g/mol. The molecule has 0 saturated carbocycles. The molecule has 1 N–H and O–H groups in total. The fraction of sp³-hybridized carbons (Fsp3) is 0.250. The Balaban J connectivity index is 1.71. The van der Waals surface area contributed by atoms with Crippen LogP contribution in [-0.2, 0) is 17.8 Å². The quantitative estimate of drug-likeness (QED) is 0.549. The van der Waals surface area contributed by atoms with Gasteiger partial charge in [0, 0.05) is 18.9 Å². The van der Waals surface area contributed by atoms with Crippen molar-refractivity contribution in [3.8, 4) is 11.5 Å². The maximum atomic E-state index is 12.7. The average Bonchev–Trinajstić information content (AvgIpc) is 2.69. The van der Waals surface area contributed by atoms with E-state index in [1.165, 1.54) is 5.56 Å². The molecule has 1 amide bonds. The van der Waals surface area contributed by atoms with Gasteiger partial charge in [0.15, 0.2) is 0 Å². The third-order valence-electron chi connectivity index (χ3n) is 4.45. The van der Waals surface area contributed by atoms with Crippen molar-refractivity contribution in [1.82, 2.24) is 4.98 Å². The first-order valence-corrected chi connectivity index (χ1v) is 9.72. The van der Waals surface area contributed by atoms with E-state index >= 15 is 0 Å². The summed E-state index contributed by atoms with van der Waals surface area (Å²) in [5, 5.41) is 2.92. The number of aryl methyl sites for hydroxylation is 2. The van der Waals surface area contributed by atoms with Gasteiger partial charge in [0.2, 0.25) is 0 Å². The summed E-state index contributed by atoms with van der Waals surface area (Å²) >= 11 is 0. The molecule has 0 unspecified atom stereocenters. The van der Waals surface area contributed by atoms with Crippen LogP contribution in [0.25, 0.3) is 0 Å². The number of aromatic nitrogens is 1. The Morgan fingerprint density at radius 2 is 1.79 bits per heavy atom. The molecule has 5 heteroatoms. The Labute approximate surface area is 171 Å². The van der Waals surface area contributed by atoms with E-state index in [1.54, 1.807) is 19.2 Å². The monoisotopic (exact) mass is 390 g/mol. The van der Waals surface area contributed by atoms with Crippen molar-refractivity contribution in [3.05, 3.63) is 83.2 Å². The molecule has 0 aliphatic carbocycles. The molecule has 0 bridgehead atoms. The van der Waals surface area contributed by atoms with Gasteiger partial charge >= 0.3 is 0 Å². The lowest BCUT2D eigenvalue weighted by Crippen LogP contribution is -2.14. The molecule has 0 aliphatic rings. The molecular formula is C24H26N2O3. The van der Waals surface area contributed by atoms with Crippen LogP contribution in [0.1, 0.15) is 40.7 Å². The zero-order chi connectivity index (χ0) is 20.6. The number of nitrogens with one attached hydrogen (secondary N) is 1. The Bertz CT molecular complexity index is 985. The van der Waals surface area contributed by atoms with Gasteiger partial charge in [-0.15, -0.1) is 0 Å². The summed E-state index contributed by atoms with van der Waals surface area (Å²) in [6, 6.07) is 19.0. The molecular weight excluding hydrogens is 364 g/mol. The van der Waals surface area contributed by atoms with E-state index in [0.29, 0.717) is 29.3 Å². The number of carbonyl (C=O) groups excluding carboxylic acids is 1. The zero-order valence-corrected chi connectivity index (χ0v) is 17.1. The highest BCUT2D eigenvalue weighted by atomic mass is 16.5. The molecule has 0 spiro atoms. The fourth-order valence-electron chi connectivity index (χ4n) is 3.11. The summed E-state index contributed by atoms with van der Waals surface area (Å²) in [7, 11) is 1.62. The van der Waals surface area contributed by atoms with Gasteiger partial charge in [-0.25, -0.2) is 0 Å². The van der Waals surface area contributed by atoms with Gasteiger partial charge in [-0.3, -0.25) is 9.78 Å². The molecule has 1 heterocycles. The SMILES string of the molecule is CCCc1cccc(Oc2cccc(NC(=O)c3ccc(COC)nc3C)c2)c1. The van der Waals surface area contributed by atoms with Crippen molar-refractivity contribution >= 4 is 11.6 Å². The predicted octanol–water partition coefficient (Wildman–Crippen LogP) is 5.53. The number of rotatable bonds is 8. The first-order valence-electron chi connectivity index (χ1n) is 9.72. The summed E-state index contributed by atoms with van der Waals surface area (Å²) in [6.45, 7) is 4.39. The van der Waals surface area contributed by atoms with Crippen LogP contribution >= 0.6 is 0 Å². The third kappa shape index (κ3) is 5.65. The van der Waals surface area contributed by atoms with Crippen molar-refractivity contribution in [1.29, 1.82) is 0 Å². The van der Waals surface area contributed by atoms with Crippen molar-refractivity contribution in [2.24, 2.45) is 0 Å². The molecule has 29 heavy (non-hydrogen) atoms. The maximum Gasteiger partial charge on any atom is 0.257 e. The minimum atomic E-state index is -0.207. The van der Waals surface area contributed by atoms with E-state index in [2.05, 4.69) is 23.3 Å². The Morgan fingerprint density at radius 1 is 1.03 bits per heavy atom. The molecule has 1 aromatic heterocycles. The van der Waals surface area contributed by atoms with E-state index in [-0.39, 0.29) is 5.91 Å². The van der Waals surface area contributed by atoms with Crippen molar-refractivity contribution in [2.75, 3.05) is 12.4 Å². The lowest BCUT2D eigenvalue weighted by Gasteiger charge is -2.11. The molecule has 150 valence electrons. The second kappa shape index (κ2) is 9.85. The van der Waals surface area contributed by atoms with Gasteiger partial charge in [0.1, 0.15) is 11.5 Å². The van der Waals surface area contributed by atoms with E-state index in [9.17, 15) is 4.79 Å². The predicted molar refractivity (Wildman–Crippen MR) is 115 cm³/mol. The van der Waals surface area contributed by atoms with Crippen LogP contribution in [0, 0.1) is 6.92 Å².